The van der Waals surface area contributed by atoms with E-state index in [2.05, 4.69) is 31.3 Å². The summed E-state index contributed by atoms with van der Waals surface area (Å²) in [5.74, 6) is 0.178. The Morgan fingerprint density at radius 1 is 0.500 bits per heavy atom. The normalized spacial score (nSPS) is 31.3. The molecule has 4 fully saturated rings. The van der Waals surface area contributed by atoms with Crippen molar-refractivity contribution < 1.29 is 165 Å². The number of aromatic nitrogens is 2. The van der Waals surface area contributed by atoms with Crippen molar-refractivity contribution in [1.29, 1.82) is 0 Å². The molecule has 0 saturated carbocycles. The van der Waals surface area contributed by atoms with E-state index in [0.717, 1.165) is 4.57 Å². The van der Waals surface area contributed by atoms with Gasteiger partial charge in [-0.2, -0.15) is 0 Å². The van der Waals surface area contributed by atoms with E-state index in [4.69, 9.17) is 91.4 Å². The molecular formula is C68H95ClN4O35P8. The zero-order chi connectivity index (χ0) is 85.7. The summed E-state index contributed by atoms with van der Waals surface area (Å²) in [6, 6.07) is 30.6. The first-order valence-corrected chi connectivity index (χ1v) is 47.3. The molecule has 0 aliphatic carbocycles. The van der Waals surface area contributed by atoms with Crippen LogP contribution >= 0.6 is 72.4 Å². The molecule has 0 amide bonds. The van der Waals surface area contributed by atoms with Crippen molar-refractivity contribution >= 4 is 72.4 Å². The Labute approximate surface area is 673 Å². The van der Waals surface area contributed by atoms with Crippen LogP contribution in [0.15, 0.2) is 190 Å². The third-order valence-corrected chi connectivity index (χ3v) is 34.9. The molecule has 10 rings (SSSR count). The fourth-order valence-electron chi connectivity index (χ4n) is 10.4. The first-order valence-electron chi connectivity index (χ1n) is 34.2. The van der Waals surface area contributed by atoms with E-state index in [1.54, 1.807) is 121 Å². The van der Waals surface area contributed by atoms with Gasteiger partial charge in [-0.05, 0) is 137 Å². The number of aliphatic hydroxyl groups is 3. The van der Waals surface area contributed by atoms with Crippen molar-refractivity contribution in [2.24, 2.45) is 5.73 Å². The van der Waals surface area contributed by atoms with Crippen LogP contribution in [-0.4, -0.2) is 142 Å². The van der Waals surface area contributed by atoms with Gasteiger partial charge in [0.1, 0.15) is 23.0 Å². The zero-order valence-corrected chi connectivity index (χ0v) is 70.8. The van der Waals surface area contributed by atoms with Gasteiger partial charge in [0.2, 0.25) is 25.2 Å². The first kappa shape index (κ1) is 98.8. The van der Waals surface area contributed by atoms with Crippen molar-refractivity contribution in [3.05, 3.63) is 223 Å². The standard InChI is InChI=1S/C19H21ClO8P2.C17H27NO9P2.C16H20N2O9P2.C15H23NO9P2.CH4/c1-3-25-13(2)26-17-7-5-4-6-16(17)19-27-29(21,22)18(30(23,24)28-19)12-14-8-10-15(20)11-9-14;1-12(2)24-13(3)25-15-9-7-6-8-14(15)16-26-28(20,21)17(19,10-11-18(4)5)29(22,23)27-16;1-3-24-12(2)25-14-7-5-4-6-13(14)15-26-28(20,21)16(19,29(22,23)27-15)10-18-9-8-17-11-18;1-10(2)22-11(3)23-13-7-5-4-6-12(13)14-24-26(18,19)15(17,8-9-16)27(20,21)25-14;/h4-11,18-19H,2-3,12H2,1H3,(H,21,22)(H,23,24);6-9,12,16,19H,3,10-11H2,1-2,4-5H3,(H,20,21)(H,22,23);4-9,11,15,19H,2-3,10H2,1H3,(H,20,21)(H,22,23);4-7,10,14,17H,3,8-9,16H2,1-2H3,(H,18,19)(H,20,21);1H4. The van der Waals surface area contributed by atoms with Gasteiger partial charge in [0.05, 0.1) is 60.5 Å². The third-order valence-electron chi connectivity index (χ3n) is 16.0. The molecule has 48 heteroatoms. The molecule has 39 nitrogen and oxygen atoms in total. The maximum Gasteiger partial charge on any atom is 0.376 e. The average molecular weight is 1810 g/mol. The maximum absolute atomic E-state index is 12.9. The molecule has 8 atom stereocenters. The number of ether oxygens (including phenoxy) is 8. The van der Waals surface area contributed by atoms with Crippen molar-refractivity contribution in [1.82, 2.24) is 14.5 Å². The van der Waals surface area contributed by atoms with E-state index in [9.17, 15) is 91.0 Å². The van der Waals surface area contributed by atoms with E-state index in [1.165, 1.54) is 79.4 Å². The highest BCUT2D eigenvalue weighted by Crippen LogP contribution is 2.82. The molecule has 5 aromatic carbocycles. The summed E-state index contributed by atoms with van der Waals surface area (Å²) in [5, 5.41) is 21.3. The number of halogens is 1. The van der Waals surface area contributed by atoms with Gasteiger partial charge in [-0.15, -0.1) is 0 Å². The van der Waals surface area contributed by atoms with Gasteiger partial charge in [0.15, 0.2) is 5.40 Å². The molecule has 116 heavy (non-hydrogen) atoms. The van der Waals surface area contributed by atoms with E-state index in [-0.39, 0.29) is 115 Å². The highest BCUT2D eigenvalue weighted by Gasteiger charge is 2.70. The van der Waals surface area contributed by atoms with Crippen LogP contribution in [0.5, 0.6) is 23.0 Å². The van der Waals surface area contributed by atoms with Crippen LogP contribution in [0.3, 0.4) is 0 Å². The molecule has 0 bridgehead atoms. The van der Waals surface area contributed by atoms with Crippen LogP contribution in [0.25, 0.3) is 0 Å². The Morgan fingerprint density at radius 2 is 0.810 bits per heavy atom. The highest BCUT2D eigenvalue weighted by molar-refractivity contribution is 7.74. The number of hydrogen-bond acceptors (Lipinski definition) is 30. The average Bonchev–Trinajstić information content (AvgIpc) is 0.795. The van der Waals surface area contributed by atoms with Crippen LogP contribution < -0.4 is 24.7 Å². The topological polar surface area (TPSA) is 554 Å². The molecule has 8 unspecified atom stereocenters. The smallest absolute Gasteiger partial charge is 0.376 e. The minimum Gasteiger partial charge on any atom is -0.466 e. The summed E-state index contributed by atoms with van der Waals surface area (Å²) in [6.45, 7) is 24.5. The number of para-hydroxylation sites is 4. The molecular weight excluding hydrogens is 1720 g/mol. The van der Waals surface area contributed by atoms with Crippen LogP contribution in [0.2, 0.25) is 5.02 Å². The second kappa shape index (κ2) is 40.6. The van der Waals surface area contributed by atoms with Gasteiger partial charge in [0.25, 0.3) is 39.0 Å². The van der Waals surface area contributed by atoms with Crippen molar-refractivity contribution in [2.45, 2.75) is 133 Å². The van der Waals surface area contributed by atoms with Crippen LogP contribution in [0.1, 0.15) is 115 Å². The number of nitrogens with two attached hydrogens (primary N) is 1. The minimum absolute atomic E-state index is 0. The van der Waals surface area contributed by atoms with E-state index >= 15 is 0 Å². The maximum atomic E-state index is 12.9. The summed E-state index contributed by atoms with van der Waals surface area (Å²) in [5.41, 5.74) is 6.07. The Bertz CT molecular complexity index is 4700. The number of benzene rings is 5. The lowest BCUT2D eigenvalue weighted by Crippen LogP contribution is -2.39. The van der Waals surface area contributed by atoms with Crippen molar-refractivity contribution in [2.75, 3.05) is 40.4 Å². The minimum atomic E-state index is -5.10. The van der Waals surface area contributed by atoms with Crippen molar-refractivity contribution in [3.8, 4) is 23.0 Å². The van der Waals surface area contributed by atoms with Gasteiger partial charge in [0, 0.05) is 36.8 Å². The molecule has 13 N–H and O–H groups in total. The van der Waals surface area contributed by atoms with Crippen LogP contribution in [-0.2, 0) is 105 Å². The lowest BCUT2D eigenvalue weighted by atomic mass is 10.2. The molecule has 644 valence electrons. The van der Waals surface area contributed by atoms with Crippen molar-refractivity contribution in [3.63, 3.8) is 0 Å². The van der Waals surface area contributed by atoms with Crippen LogP contribution in [0.4, 0.5) is 0 Å². The van der Waals surface area contributed by atoms with Gasteiger partial charge >= 0.3 is 60.8 Å². The summed E-state index contributed by atoms with van der Waals surface area (Å²) in [4.78, 5) is 87.9. The number of imidazole rings is 1. The molecule has 6 aromatic rings. The molecule has 4 aliphatic rings. The SMILES string of the molecule is C.C=C(OCC)Oc1ccccc1C1OP(=O)(O)C(Cc2ccc(Cl)cc2)P(=O)(O)O1.C=C(OCC)Oc1ccccc1C1OP(=O)(O)C(O)(Cn2ccnc2)P(=O)(O)O1.C=C(Oc1ccccc1C1OP(=O)(O)C(O)(CCN(C)C)P(=O)(O)O1)OC(C)C.C=C(Oc1ccccc1C1OP(=O)(O)C(O)(CCN)P(=O)(O)O1)OC(C)C. The Morgan fingerprint density at radius 3 is 1.11 bits per heavy atom. The lowest BCUT2D eigenvalue weighted by Gasteiger charge is -2.41. The predicted octanol–water partition coefficient (Wildman–Crippen LogP) is 13.7. The highest BCUT2D eigenvalue weighted by atomic mass is 35.5. The van der Waals surface area contributed by atoms with E-state index in [1.807, 2.05) is 0 Å². The van der Waals surface area contributed by atoms with Gasteiger partial charge in [-0.25, -0.2) is 4.98 Å². The third kappa shape index (κ3) is 24.2. The number of rotatable bonds is 29. The molecule has 5 heterocycles. The Kier molecular flexibility index (Phi) is 34.5. The molecule has 4 aliphatic heterocycles. The molecule has 0 radical (unpaired) electrons. The predicted molar refractivity (Wildman–Crippen MR) is 418 cm³/mol. The summed E-state index contributed by atoms with van der Waals surface area (Å²) < 4.78 is 186. The second-order valence-corrected chi connectivity index (χ2v) is 43.4. The largest absolute Gasteiger partial charge is 0.466 e. The number of hydrogen-bond donors (Lipinski definition) is 12. The second-order valence-electron chi connectivity index (χ2n) is 25.6. The monoisotopic (exact) mass is 1810 g/mol. The summed E-state index contributed by atoms with van der Waals surface area (Å²) in [7, 11) is -36.1. The number of nitrogens with zero attached hydrogens (tertiary/aromatic N) is 3. The zero-order valence-electron chi connectivity index (χ0n) is 62.9. The molecule has 1 aromatic heterocycles. The Balaban J connectivity index is 0.000000240. The molecule has 4 saturated heterocycles. The fraction of sp³-hybridized carbons (Fsp3) is 0.397. The first-order chi connectivity index (χ1) is 53.4. The lowest BCUT2D eigenvalue weighted by molar-refractivity contribution is -0.0627. The quantitative estimate of drug-likeness (QED) is 0.0153. The molecule has 0 spiro atoms. The van der Waals surface area contributed by atoms with Crippen LogP contribution in [0, 0.1) is 0 Å². The fourth-order valence-corrected chi connectivity index (χ4v) is 25.1. The van der Waals surface area contributed by atoms with E-state index < -0.39 is 126 Å². The summed E-state index contributed by atoms with van der Waals surface area (Å²) >= 11 is 5.84. The summed E-state index contributed by atoms with van der Waals surface area (Å²) in [6.07, 6.45) is -4.78. The van der Waals surface area contributed by atoms with E-state index in [0.29, 0.717) is 17.2 Å². The van der Waals surface area contributed by atoms with Gasteiger partial charge in [-0.1, -0.05) is 104 Å². The van der Waals surface area contributed by atoms with Gasteiger partial charge < -0.3 is 108 Å². The van der Waals surface area contributed by atoms with Gasteiger partial charge in [-0.3, -0.25) is 72.7 Å². The Hall–Kier alpha value is -6.04.